The van der Waals surface area contributed by atoms with Crippen LogP contribution in [0, 0.1) is 0 Å². The van der Waals surface area contributed by atoms with E-state index in [-0.39, 0.29) is 0 Å². The highest BCUT2D eigenvalue weighted by atomic mass is 32.1. The molecule has 1 aliphatic rings. The first kappa shape index (κ1) is 9.80. The minimum Gasteiger partial charge on any atom is -0.367 e. The van der Waals surface area contributed by atoms with Crippen molar-refractivity contribution in [1.82, 2.24) is 9.97 Å². The molecular weight excluding hydrogens is 222 g/mol. The summed E-state index contributed by atoms with van der Waals surface area (Å²) >= 11 is 1.60. The van der Waals surface area contributed by atoms with Crippen molar-refractivity contribution in [3.8, 4) is 0 Å². The molecule has 0 unspecified atom stereocenters. The molecule has 0 radical (unpaired) electrons. The molecule has 4 N–H and O–H groups in total. The van der Waals surface area contributed by atoms with Crippen molar-refractivity contribution < 1.29 is 0 Å². The summed E-state index contributed by atoms with van der Waals surface area (Å²) in [6.07, 6.45) is 3.75. The van der Waals surface area contributed by atoms with Gasteiger partial charge in [-0.15, -0.1) is 11.3 Å². The van der Waals surface area contributed by atoms with E-state index in [1.54, 1.807) is 11.3 Å². The summed E-state index contributed by atoms with van der Waals surface area (Å²) in [7, 11) is 0. The normalized spacial score (nSPS) is 16.1. The van der Waals surface area contributed by atoms with Crippen LogP contribution in [0.25, 0.3) is 10.2 Å². The predicted octanol–water partition coefficient (Wildman–Crippen LogP) is 1.94. The molecule has 2 heterocycles. The van der Waals surface area contributed by atoms with Crippen LogP contribution in [0.1, 0.15) is 19.3 Å². The van der Waals surface area contributed by atoms with Gasteiger partial charge in [0.05, 0.1) is 5.39 Å². The van der Waals surface area contributed by atoms with E-state index < -0.39 is 0 Å². The van der Waals surface area contributed by atoms with Gasteiger partial charge in [-0.05, 0) is 30.7 Å². The highest BCUT2D eigenvalue weighted by Crippen LogP contribution is 2.29. The number of nitrogens with one attached hydrogen (secondary N) is 2. The minimum atomic E-state index is 0.469. The summed E-state index contributed by atoms with van der Waals surface area (Å²) < 4.78 is 0. The Kier molecular flexibility index (Phi) is 2.37. The maximum Gasteiger partial charge on any atom is 0.240 e. The van der Waals surface area contributed by atoms with Gasteiger partial charge in [0.1, 0.15) is 10.6 Å². The Morgan fingerprint density at radius 3 is 2.94 bits per heavy atom. The second-order valence-corrected chi connectivity index (χ2v) is 4.85. The molecule has 2 aromatic heterocycles. The Bertz CT molecular complexity index is 505. The van der Waals surface area contributed by atoms with E-state index >= 15 is 0 Å². The molecule has 1 aliphatic carbocycles. The van der Waals surface area contributed by atoms with E-state index in [4.69, 9.17) is 5.84 Å². The Labute approximate surface area is 97.1 Å². The Morgan fingerprint density at radius 2 is 2.25 bits per heavy atom. The molecule has 16 heavy (non-hydrogen) atoms. The van der Waals surface area contributed by atoms with Crippen molar-refractivity contribution in [2.45, 2.75) is 25.3 Å². The first-order chi connectivity index (χ1) is 7.86. The largest absolute Gasteiger partial charge is 0.367 e. The fourth-order valence-corrected chi connectivity index (χ4v) is 2.54. The van der Waals surface area contributed by atoms with Crippen molar-refractivity contribution in [3.63, 3.8) is 0 Å². The van der Waals surface area contributed by atoms with Crippen molar-refractivity contribution in [1.29, 1.82) is 0 Å². The summed E-state index contributed by atoms with van der Waals surface area (Å²) in [4.78, 5) is 9.62. The first-order valence-corrected chi connectivity index (χ1v) is 6.23. The molecule has 84 valence electrons. The number of nitrogen functional groups attached to an aromatic ring is 1. The zero-order valence-corrected chi connectivity index (χ0v) is 9.55. The Hall–Kier alpha value is -1.40. The topological polar surface area (TPSA) is 75.9 Å². The molecule has 0 bridgehead atoms. The number of aromatic nitrogens is 2. The number of anilines is 2. The van der Waals surface area contributed by atoms with E-state index in [1.807, 2.05) is 11.4 Å². The zero-order valence-electron chi connectivity index (χ0n) is 8.73. The van der Waals surface area contributed by atoms with Gasteiger partial charge >= 0.3 is 0 Å². The summed E-state index contributed by atoms with van der Waals surface area (Å²) in [5, 5.41) is 6.54. The Morgan fingerprint density at radius 1 is 1.38 bits per heavy atom. The molecule has 5 nitrogen and oxygen atoms in total. The van der Waals surface area contributed by atoms with Gasteiger partial charge in [-0.3, -0.25) is 5.43 Å². The number of thiophene rings is 1. The number of nitrogens with two attached hydrogens (primary N) is 1. The maximum atomic E-state index is 5.36. The van der Waals surface area contributed by atoms with Gasteiger partial charge in [0.25, 0.3) is 0 Å². The lowest BCUT2D eigenvalue weighted by molar-refractivity contribution is 0.445. The molecule has 2 aromatic rings. The zero-order chi connectivity index (χ0) is 11.0. The fourth-order valence-electron chi connectivity index (χ4n) is 1.78. The van der Waals surface area contributed by atoms with Crippen molar-refractivity contribution >= 4 is 33.3 Å². The molecule has 0 saturated heterocycles. The second kappa shape index (κ2) is 3.88. The summed E-state index contributed by atoms with van der Waals surface area (Å²) in [6, 6.07) is 2.60. The number of nitrogens with zero attached hydrogens (tertiary/aromatic N) is 2. The van der Waals surface area contributed by atoms with Crippen LogP contribution in [0.2, 0.25) is 0 Å². The summed E-state index contributed by atoms with van der Waals surface area (Å²) in [5.74, 6) is 6.72. The number of hydrogen-bond donors (Lipinski definition) is 3. The SMILES string of the molecule is NNc1nc(NC2CCC2)c2ccsc2n1. The average Bonchev–Trinajstić information content (AvgIpc) is 2.70. The average molecular weight is 235 g/mol. The number of hydrogen-bond acceptors (Lipinski definition) is 6. The van der Waals surface area contributed by atoms with Gasteiger partial charge in [0.15, 0.2) is 0 Å². The third-order valence-corrected chi connectivity index (χ3v) is 3.71. The van der Waals surface area contributed by atoms with Gasteiger partial charge in [-0.1, -0.05) is 0 Å². The van der Waals surface area contributed by atoms with E-state index in [2.05, 4.69) is 20.7 Å². The molecule has 3 rings (SSSR count). The van der Waals surface area contributed by atoms with Crippen molar-refractivity contribution in [2.75, 3.05) is 10.7 Å². The molecule has 0 amide bonds. The molecular formula is C10H13N5S. The minimum absolute atomic E-state index is 0.469. The molecule has 0 spiro atoms. The van der Waals surface area contributed by atoms with Gasteiger partial charge in [-0.2, -0.15) is 4.98 Å². The third kappa shape index (κ3) is 1.60. The van der Waals surface area contributed by atoms with Crippen LogP contribution in [0.5, 0.6) is 0 Å². The van der Waals surface area contributed by atoms with E-state index in [0.717, 1.165) is 16.0 Å². The van der Waals surface area contributed by atoms with Crippen molar-refractivity contribution in [2.24, 2.45) is 5.84 Å². The van der Waals surface area contributed by atoms with E-state index in [1.165, 1.54) is 19.3 Å². The van der Waals surface area contributed by atoms with E-state index in [9.17, 15) is 0 Å². The van der Waals surface area contributed by atoms with Gasteiger partial charge in [0.2, 0.25) is 5.95 Å². The predicted molar refractivity (Wildman–Crippen MR) is 66.5 cm³/mol. The molecule has 1 fully saturated rings. The highest BCUT2D eigenvalue weighted by molar-refractivity contribution is 7.16. The van der Waals surface area contributed by atoms with Gasteiger partial charge in [-0.25, -0.2) is 10.8 Å². The lowest BCUT2D eigenvalue weighted by Gasteiger charge is -2.27. The molecule has 0 aliphatic heterocycles. The number of rotatable bonds is 3. The quantitative estimate of drug-likeness (QED) is 0.560. The van der Waals surface area contributed by atoms with E-state index in [0.29, 0.717) is 12.0 Å². The van der Waals surface area contributed by atoms with Crippen LogP contribution < -0.4 is 16.6 Å². The first-order valence-electron chi connectivity index (χ1n) is 5.35. The van der Waals surface area contributed by atoms with Gasteiger partial charge < -0.3 is 5.32 Å². The smallest absolute Gasteiger partial charge is 0.240 e. The summed E-state index contributed by atoms with van der Waals surface area (Å²) in [5.41, 5.74) is 2.50. The van der Waals surface area contributed by atoms with Crippen LogP contribution in [0.4, 0.5) is 11.8 Å². The van der Waals surface area contributed by atoms with Crippen LogP contribution >= 0.6 is 11.3 Å². The highest BCUT2D eigenvalue weighted by Gasteiger charge is 2.19. The fraction of sp³-hybridized carbons (Fsp3) is 0.400. The molecule has 0 aromatic carbocycles. The van der Waals surface area contributed by atoms with Crippen LogP contribution in [0.3, 0.4) is 0 Å². The lowest BCUT2D eigenvalue weighted by Crippen LogP contribution is -2.27. The monoisotopic (exact) mass is 235 g/mol. The second-order valence-electron chi connectivity index (χ2n) is 3.95. The number of fused-ring (bicyclic) bond motifs is 1. The standard InChI is InChI=1S/C10H13N5S/c11-15-10-13-8(12-6-2-1-3-6)7-4-5-16-9(7)14-10/h4-6H,1-3,11H2,(H2,12,13,14,15). The van der Waals surface area contributed by atoms with Gasteiger partial charge in [0, 0.05) is 6.04 Å². The molecule has 6 heteroatoms. The van der Waals surface area contributed by atoms with Crippen LogP contribution in [-0.2, 0) is 0 Å². The van der Waals surface area contributed by atoms with Crippen LogP contribution in [-0.4, -0.2) is 16.0 Å². The number of hydrazine groups is 1. The van der Waals surface area contributed by atoms with Crippen molar-refractivity contribution in [3.05, 3.63) is 11.4 Å². The maximum absolute atomic E-state index is 5.36. The molecule has 0 atom stereocenters. The lowest BCUT2D eigenvalue weighted by atomic mass is 9.93. The van der Waals surface area contributed by atoms with Crippen LogP contribution in [0.15, 0.2) is 11.4 Å². The third-order valence-electron chi connectivity index (χ3n) is 2.90. The molecule has 1 saturated carbocycles. The summed E-state index contributed by atoms with van der Waals surface area (Å²) in [6.45, 7) is 0. The Balaban J connectivity index is 2.01.